The lowest BCUT2D eigenvalue weighted by Gasteiger charge is -2.34. The number of urea groups is 1. The quantitative estimate of drug-likeness (QED) is 0.699. The van der Waals surface area contributed by atoms with E-state index in [4.69, 9.17) is 4.74 Å². The van der Waals surface area contributed by atoms with Crippen LogP contribution in [0.25, 0.3) is 0 Å². The first-order valence-corrected chi connectivity index (χ1v) is 10.6. The first-order valence-electron chi connectivity index (χ1n) is 10.6. The number of carbonyl (C=O) groups excluding carboxylic acids is 1. The average Bonchev–Trinajstić information content (AvgIpc) is 2.70. The smallest absolute Gasteiger partial charge is 0.315 e. The maximum Gasteiger partial charge on any atom is 0.315 e. The van der Waals surface area contributed by atoms with Crippen molar-refractivity contribution < 1.29 is 9.53 Å². The van der Waals surface area contributed by atoms with E-state index in [9.17, 15) is 4.79 Å². The number of likely N-dealkylation sites (tertiary alicyclic amines) is 1. The number of amides is 2. The van der Waals surface area contributed by atoms with Crippen LogP contribution >= 0.6 is 0 Å². The van der Waals surface area contributed by atoms with Crippen LogP contribution < -0.4 is 15.5 Å². The molecule has 2 aliphatic rings. The zero-order valence-electron chi connectivity index (χ0n) is 17.3. The molecule has 2 fully saturated rings. The molecule has 2 aliphatic heterocycles. The molecule has 3 heterocycles. The molecule has 1 aromatic heterocycles. The summed E-state index contributed by atoms with van der Waals surface area (Å²) in [5.74, 6) is 2.50. The van der Waals surface area contributed by atoms with Gasteiger partial charge in [-0.05, 0) is 37.3 Å². The number of hydrogen-bond acceptors (Lipinski definition) is 5. The van der Waals surface area contributed by atoms with Gasteiger partial charge in [0.15, 0.2) is 0 Å². The van der Waals surface area contributed by atoms with Crippen molar-refractivity contribution in [1.82, 2.24) is 20.5 Å². The van der Waals surface area contributed by atoms with Crippen molar-refractivity contribution in [2.45, 2.75) is 33.2 Å². The van der Waals surface area contributed by atoms with Gasteiger partial charge in [0.05, 0.1) is 13.2 Å². The first kappa shape index (κ1) is 20.9. The van der Waals surface area contributed by atoms with Crippen LogP contribution in [0.3, 0.4) is 0 Å². The molecule has 0 bridgehead atoms. The summed E-state index contributed by atoms with van der Waals surface area (Å²) in [7, 11) is 0. The van der Waals surface area contributed by atoms with E-state index in [1.165, 1.54) is 19.5 Å². The fourth-order valence-corrected chi connectivity index (χ4v) is 4.35. The zero-order chi connectivity index (χ0) is 19.8. The summed E-state index contributed by atoms with van der Waals surface area (Å²) in [5, 5.41) is 5.95. The summed E-state index contributed by atoms with van der Waals surface area (Å²) in [6, 6.07) is 3.83. The van der Waals surface area contributed by atoms with Crippen molar-refractivity contribution in [3.63, 3.8) is 0 Å². The highest BCUT2D eigenvalue weighted by atomic mass is 16.5. The van der Waals surface area contributed by atoms with Crippen LogP contribution in [0.4, 0.5) is 10.6 Å². The van der Waals surface area contributed by atoms with Crippen molar-refractivity contribution in [3.05, 3.63) is 23.9 Å². The van der Waals surface area contributed by atoms with E-state index in [0.29, 0.717) is 13.1 Å². The Morgan fingerprint density at radius 2 is 1.96 bits per heavy atom. The number of morpholine rings is 1. The number of pyridine rings is 1. The number of carbonyl (C=O) groups is 1. The highest BCUT2D eigenvalue weighted by molar-refractivity contribution is 5.74. The maximum atomic E-state index is 12.2. The van der Waals surface area contributed by atoms with Gasteiger partial charge in [0, 0.05) is 51.0 Å². The summed E-state index contributed by atoms with van der Waals surface area (Å²) in [5.41, 5.74) is 1.04. The lowest BCUT2D eigenvalue weighted by molar-refractivity contribution is 0.122. The summed E-state index contributed by atoms with van der Waals surface area (Å²) in [4.78, 5) is 21.4. The van der Waals surface area contributed by atoms with Crippen LogP contribution in [-0.2, 0) is 11.3 Å². The molecule has 0 saturated carbocycles. The number of nitrogens with one attached hydrogen (secondary N) is 2. The van der Waals surface area contributed by atoms with Gasteiger partial charge in [0.2, 0.25) is 0 Å². The number of anilines is 1. The van der Waals surface area contributed by atoms with E-state index in [1.807, 2.05) is 12.1 Å². The first-order chi connectivity index (χ1) is 13.6. The molecular weight excluding hydrogens is 354 g/mol. The van der Waals surface area contributed by atoms with E-state index in [-0.39, 0.29) is 6.03 Å². The number of ether oxygens (including phenoxy) is 1. The average molecular weight is 390 g/mol. The monoisotopic (exact) mass is 389 g/mol. The van der Waals surface area contributed by atoms with Crippen molar-refractivity contribution >= 4 is 11.8 Å². The number of rotatable bonds is 7. The minimum atomic E-state index is -0.114. The molecule has 0 aliphatic carbocycles. The molecule has 1 aromatic rings. The minimum absolute atomic E-state index is 0.114. The van der Waals surface area contributed by atoms with Crippen molar-refractivity contribution in [2.24, 2.45) is 11.8 Å². The largest absolute Gasteiger partial charge is 0.378 e. The van der Waals surface area contributed by atoms with Crippen molar-refractivity contribution in [3.8, 4) is 0 Å². The minimum Gasteiger partial charge on any atom is -0.378 e. The zero-order valence-corrected chi connectivity index (χ0v) is 17.3. The van der Waals surface area contributed by atoms with Gasteiger partial charge in [-0.25, -0.2) is 9.78 Å². The molecule has 0 spiro atoms. The molecule has 28 heavy (non-hydrogen) atoms. The molecule has 2 amide bonds. The second kappa shape index (κ2) is 10.6. The predicted octanol–water partition coefficient (Wildman–Crippen LogP) is 2.09. The lowest BCUT2D eigenvalue weighted by Crippen LogP contribution is -2.41. The van der Waals surface area contributed by atoms with Crippen LogP contribution in [0, 0.1) is 11.8 Å². The van der Waals surface area contributed by atoms with Crippen LogP contribution in [0.5, 0.6) is 0 Å². The molecule has 0 aromatic carbocycles. The molecule has 0 unspecified atom stereocenters. The Labute approximate surface area is 168 Å². The van der Waals surface area contributed by atoms with Gasteiger partial charge in [-0.2, -0.15) is 0 Å². The third-order valence-electron chi connectivity index (χ3n) is 5.50. The molecule has 156 valence electrons. The fraction of sp³-hybridized carbons (Fsp3) is 0.714. The molecule has 7 nitrogen and oxygen atoms in total. The van der Waals surface area contributed by atoms with Gasteiger partial charge in [-0.15, -0.1) is 0 Å². The topological polar surface area (TPSA) is 69.7 Å². The fourth-order valence-electron chi connectivity index (χ4n) is 4.35. The lowest BCUT2D eigenvalue weighted by atomic mass is 9.92. The SMILES string of the molecule is C[C@@H]1C[C@@H](C)CN(CCCNC(=O)NCc2cccnc2N2CCOCC2)C1. The van der Waals surface area contributed by atoms with Crippen LogP contribution in [0.2, 0.25) is 0 Å². The number of nitrogens with zero attached hydrogens (tertiary/aromatic N) is 3. The second-order valence-corrected chi connectivity index (χ2v) is 8.25. The van der Waals surface area contributed by atoms with E-state index >= 15 is 0 Å². The van der Waals surface area contributed by atoms with Gasteiger partial charge >= 0.3 is 6.03 Å². The van der Waals surface area contributed by atoms with Crippen LogP contribution in [-0.4, -0.2) is 68.4 Å². The summed E-state index contributed by atoms with van der Waals surface area (Å²) < 4.78 is 5.42. The third-order valence-corrected chi connectivity index (χ3v) is 5.50. The maximum absolute atomic E-state index is 12.2. The summed E-state index contributed by atoms with van der Waals surface area (Å²) in [6.45, 7) is 12.4. The Morgan fingerprint density at radius 1 is 1.21 bits per heavy atom. The summed E-state index contributed by atoms with van der Waals surface area (Å²) >= 11 is 0. The van der Waals surface area contributed by atoms with Crippen LogP contribution in [0.1, 0.15) is 32.3 Å². The summed E-state index contributed by atoms with van der Waals surface area (Å²) in [6.07, 6.45) is 4.12. The Balaban J connectivity index is 1.37. The van der Waals surface area contributed by atoms with Crippen molar-refractivity contribution in [1.29, 1.82) is 0 Å². The van der Waals surface area contributed by atoms with E-state index in [2.05, 4.69) is 39.3 Å². The van der Waals surface area contributed by atoms with E-state index < -0.39 is 0 Å². The van der Waals surface area contributed by atoms with Gasteiger partial charge in [-0.3, -0.25) is 0 Å². The number of aromatic nitrogens is 1. The van der Waals surface area contributed by atoms with Gasteiger partial charge < -0.3 is 25.2 Å². The second-order valence-electron chi connectivity index (χ2n) is 8.25. The molecule has 2 N–H and O–H groups in total. The van der Waals surface area contributed by atoms with Gasteiger partial charge in [0.25, 0.3) is 0 Å². The molecule has 7 heteroatoms. The normalized spacial score (nSPS) is 23.4. The molecule has 2 atom stereocenters. The standard InChI is InChI=1S/C21H35N5O2/c1-17-13-18(2)16-25(15-17)8-4-7-23-21(27)24-14-19-5-3-6-22-20(19)26-9-11-28-12-10-26/h3,5-6,17-18H,4,7-16H2,1-2H3,(H2,23,24,27)/t17-,18-/m1/s1. The highest BCUT2D eigenvalue weighted by Crippen LogP contribution is 2.21. The molecule has 2 saturated heterocycles. The van der Waals surface area contributed by atoms with Crippen molar-refractivity contribution in [2.75, 3.05) is 57.4 Å². The molecule has 0 radical (unpaired) electrons. The Bertz CT molecular complexity index is 611. The Morgan fingerprint density at radius 3 is 2.71 bits per heavy atom. The van der Waals surface area contributed by atoms with Gasteiger partial charge in [0.1, 0.15) is 5.82 Å². The number of piperidine rings is 1. The third kappa shape index (κ3) is 6.34. The van der Waals surface area contributed by atoms with E-state index in [1.54, 1.807) is 6.20 Å². The number of hydrogen-bond donors (Lipinski definition) is 2. The molecular formula is C21H35N5O2. The van der Waals surface area contributed by atoms with Gasteiger partial charge in [-0.1, -0.05) is 19.9 Å². The molecule has 3 rings (SSSR count). The Kier molecular flexibility index (Phi) is 7.91. The van der Waals surface area contributed by atoms with E-state index in [0.717, 1.165) is 62.5 Å². The predicted molar refractivity (Wildman–Crippen MR) is 112 cm³/mol. The Hall–Kier alpha value is -1.86. The highest BCUT2D eigenvalue weighted by Gasteiger charge is 2.21. The van der Waals surface area contributed by atoms with Crippen LogP contribution in [0.15, 0.2) is 18.3 Å².